The quantitative estimate of drug-likeness (QED) is 0.478. The van der Waals surface area contributed by atoms with Gasteiger partial charge < -0.3 is 9.30 Å². The van der Waals surface area contributed by atoms with Gasteiger partial charge >= 0.3 is 0 Å². The van der Waals surface area contributed by atoms with Gasteiger partial charge in [0.25, 0.3) is 0 Å². The molecule has 7 heteroatoms. The molecule has 0 N–H and O–H groups in total. The third-order valence-corrected chi connectivity index (χ3v) is 4.66. The first-order valence-electron chi connectivity index (χ1n) is 7.52. The molecule has 23 heavy (non-hydrogen) atoms. The molecule has 6 nitrogen and oxygen atoms in total. The van der Waals surface area contributed by atoms with Crippen molar-refractivity contribution in [2.24, 2.45) is 0 Å². The maximum atomic E-state index is 5.46. The van der Waals surface area contributed by atoms with Crippen molar-refractivity contribution in [2.45, 2.75) is 27.0 Å². The van der Waals surface area contributed by atoms with Crippen LogP contribution in [-0.2, 0) is 17.9 Å². The molecule has 3 heterocycles. The maximum Gasteiger partial charge on any atom is 0.176 e. The number of benzene rings is 1. The highest BCUT2D eigenvalue weighted by Crippen LogP contribution is 2.32. The monoisotopic (exact) mass is 421 g/mol. The summed E-state index contributed by atoms with van der Waals surface area (Å²) in [5.41, 5.74) is 4.32. The van der Waals surface area contributed by atoms with Gasteiger partial charge in [-0.05, 0) is 54.6 Å². The first-order chi connectivity index (χ1) is 11.2. The Morgan fingerprint density at radius 1 is 1.35 bits per heavy atom. The highest BCUT2D eigenvalue weighted by molar-refractivity contribution is 14.1. The highest BCUT2D eigenvalue weighted by atomic mass is 127. The van der Waals surface area contributed by atoms with E-state index in [2.05, 4.69) is 55.4 Å². The Hall–Kier alpha value is -1.74. The number of aromatic nitrogens is 5. The standard InChI is InChI=1S/C16H16IN5O/c1-3-23-8-15-19-16-12-6-11(17)4-5-13(12)21-9-18-10(2)14(21)7-22(16)20-15/h4-6,9H,3,7-8H2,1-2H3. The van der Waals surface area contributed by atoms with Crippen LogP contribution in [0.15, 0.2) is 24.5 Å². The molecule has 2 aromatic heterocycles. The minimum Gasteiger partial charge on any atom is -0.374 e. The van der Waals surface area contributed by atoms with Crippen LogP contribution in [0.5, 0.6) is 0 Å². The van der Waals surface area contributed by atoms with Gasteiger partial charge in [-0.1, -0.05) is 0 Å². The Bertz CT molecular complexity index is 883. The predicted octanol–water partition coefficient (Wildman–Crippen LogP) is 2.94. The van der Waals surface area contributed by atoms with Crippen molar-refractivity contribution in [3.63, 3.8) is 0 Å². The minimum absolute atomic E-state index is 0.438. The summed E-state index contributed by atoms with van der Waals surface area (Å²) in [6.45, 7) is 5.76. The predicted molar refractivity (Wildman–Crippen MR) is 94.5 cm³/mol. The van der Waals surface area contributed by atoms with E-state index in [0.717, 1.165) is 34.3 Å². The average molecular weight is 421 g/mol. The van der Waals surface area contributed by atoms with Gasteiger partial charge in [-0.3, -0.25) is 0 Å². The molecule has 0 aliphatic carbocycles. The molecule has 1 aliphatic heterocycles. The van der Waals surface area contributed by atoms with Gasteiger partial charge in [0.15, 0.2) is 11.6 Å². The molecule has 3 aromatic rings. The van der Waals surface area contributed by atoms with Gasteiger partial charge in [-0.25, -0.2) is 14.6 Å². The number of halogens is 1. The van der Waals surface area contributed by atoms with Crippen molar-refractivity contribution in [2.75, 3.05) is 6.61 Å². The summed E-state index contributed by atoms with van der Waals surface area (Å²) < 4.78 is 10.7. The second-order valence-corrected chi connectivity index (χ2v) is 6.70. The normalized spacial score (nSPS) is 12.5. The van der Waals surface area contributed by atoms with Crippen molar-refractivity contribution < 1.29 is 4.74 Å². The second-order valence-electron chi connectivity index (χ2n) is 5.45. The summed E-state index contributed by atoms with van der Waals surface area (Å²) in [5, 5.41) is 4.63. The Balaban J connectivity index is 1.93. The van der Waals surface area contributed by atoms with E-state index in [-0.39, 0.29) is 0 Å². The zero-order chi connectivity index (χ0) is 16.0. The molecule has 0 amide bonds. The van der Waals surface area contributed by atoms with Gasteiger partial charge in [0.2, 0.25) is 0 Å². The van der Waals surface area contributed by atoms with Crippen LogP contribution in [0.2, 0.25) is 0 Å². The summed E-state index contributed by atoms with van der Waals surface area (Å²) in [6, 6.07) is 6.37. The molecule has 1 aromatic carbocycles. The van der Waals surface area contributed by atoms with Crippen LogP contribution in [0.25, 0.3) is 17.1 Å². The molecule has 0 fully saturated rings. The van der Waals surface area contributed by atoms with Crippen molar-refractivity contribution >= 4 is 22.6 Å². The topological polar surface area (TPSA) is 57.8 Å². The number of hydrogen-bond acceptors (Lipinski definition) is 4. The lowest BCUT2D eigenvalue weighted by Gasteiger charge is -2.08. The van der Waals surface area contributed by atoms with E-state index < -0.39 is 0 Å². The molecule has 118 valence electrons. The summed E-state index contributed by atoms with van der Waals surface area (Å²) >= 11 is 2.32. The second kappa shape index (κ2) is 5.72. The number of nitrogens with zero attached hydrogens (tertiary/aromatic N) is 5. The van der Waals surface area contributed by atoms with Crippen molar-refractivity contribution in [1.82, 2.24) is 24.3 Å². The smallest absolute Gasteiger partial charge is 0.176 e. The number of ether oxygens (including phenoxy) is 1. The summed E-state index contributed by atoms with van der Waals surface area (Å²) in [7, 11) is 0. The van der Waals surface area contributed by atoms with Crippen LogP contribution in [-0.4, -0.2) is 30.9 Å². The lowest BCUT2D eigenvalue weighted by Crippen LogP contribution is -2.06. The van der Waals surface area contributed by atoms with E-state index in [1.165, 1.54) is 3.57 Å². The summed E-state index contributed by atoms with van der Waals surface area (Å²) in [6.07, 6.45) is 1.88. The molecule has 0 atom stereocenters. The zero-order valence-corrected chi connectivity index (χ0v) is 15.1. The molecule has 4 rings (SSSR count). The van der Waals surface area contributed by atoms with Crippen LogP contribution in [0.3, 0.4) is 0 Å². The van der Waals surface area contributed by atoms with Gasteiger partial charge in [0.05, 0.1) is 29.9 Å². The Morgan fingerprint density at radius 2 is 2.22 bits per heavy atom. The van der Waals surface area contributed by atoms with E-state index in [1.807, 2.05) is 24.9 Å². The number of hydrogen-bond donors (Lipinski definition) is 0. The van der Waals surface area contributed by atoms with Gasteiger partial charge in [-0.2, -0.15) is 5.10 Å². The molecule has 0 bridgehead atoms. The fourth-order valence-corrected chi connectivity index (χ4v) is 3.34. The Labute approximate surface area is 147 Å². The van der Waals surface area contributed by atoms with Gasteiger partial charge in [0, 0.05) is 15.7 Å². The fourth-order valence-electron chi connectivity index (χ4n) is 2.85. The molecule has 0 radical (unpaired) electrons. The molecular weight excluding hydrogens is 405 g/mol. The summed E-state index contributed by atoms with van der Waals surface area (Å²) in [4.78, 5) is 9.18. The van der Waals surface area contributed by atoms with E-state index in [1.54, 1.807) is 0 Å². The first kappa shape index (κ1) is 14.8. The molecular formula is C16H16IN5O. The minimum atomic E-state index is 0.438. The first-order valence-corrected chi connectivity index (χ1v) is 8.60. The largest absolute Gasteiger partial charge is 0.374 e. The van der Waals surface area contributed by atoms with Crippen molar-refractivity contribution in [1.29, 1.82) is 0 Å². The van der Waals surface area contributed by atoms with Crippen LogP contribution in [0.1, 0.15) is 24.1 Å². The number of fused-ring (bicyclic) bond motifs is 5. The molecule has 0 spiro atoms. The van der Waals surface area contributed by atoms with Gasteiger partial charge in [0.1, 0.15) is 6.61 Å². The summed E-state index contributed by atoms with van der Waals surface area (Å²) in [5.74, 6) is 1.61. The van der Waals surface area contributed by atoms with Crippen molar-refractivity contribution in [3.8, 4) is 17.1 Å². The average Bonchev–Trinajstić information content (AvgIpc) is 3.07. The van der Waals surface area contributed by atoms with E-state index in [9.17, 15) is 0 Å². The number of imidazole rings is 1. The van der Waals surface area contributed by atoms with Gasteiger partial charge in [-0.15, -0.1) is 0 Å². The van der Waals surface area contributed by atoms with Crippen LogP contribution < -0.4 is 0 Å². The van der Waals surface area contributed by atoms with E-state index >= 15 is 0 Å². The Kier molecular flexibility index (Phi) is 3.68. The molecule has 0 saturated heterocycles. The zero-order valence-electron chi connectivity index (χ0n) is 13.0. The van der Waals surface area contributed by atoms with Crippen molar-refractivity contribution in [3.05, 3.63) is 45.3 Å². The molecule has 0 saturated carbocycles. The van der Waals surface area contributed by atoms with Crippen LogP contribution in [0.4, 0.5) is 0 Å². The lowest BCUT2D eigenvalue weighted by molar-refractivity contribution is 0.128. The SMILES string of the molecule is CCOCc1nc2n(n1)Cc1c(C)ncn1-c1ccc(I)cc1-2. The van der Waals surface area contributed by atoms with E-state index in [0.29, 0.717) is 19.8 Å². The number of aryl methyl sites for hydroxylation is 1. The third kappa shape index (κ3) is 2.47. The van der Waals surface area contributed by atoms with E-state index in [4.69, 9.17) is 9.72 Å². The van der Waals surface area contributed by atoms with Crippen LogP contribution in [0, 0.1) is 10.5 Å². The fraction of sp³-hybridized carbons (Fsp3) is 0.312. The Morgan fingerprint density at radius 3 is 3.04 bits per heavy atom. The lowest BCUT2D eigenvalue weighted by atomic mass is 10.1. The highest BCUT2D eigenvalue weighted by Gasteiger charge is 2.24. The third-order valence-electron chi connectivity index (χ3n) is 3.98. The van der Waals surface area contributed by atoms with Crippen LogP contribution >= 0.6 is 22.6 Å². The maximum absolute atomic E-state index is 5.46. The molecule has 1 aliphatic rings. The number of rotatable bonds is 3. The molecule has 0 unspecified atom stereocenters.